The van der Waals surface area contributed by atoms with Crippen LogP contribution in [-0.2, 0) is 0 Å². The van der Waals surface area contributed by atoms with Gasteiger partial charge in [-0.15, -0.1) is 0 Å². The number of nitrogens with two attached hydrogens (primary N) is 1. The molecule has 14 heavy (non-hydrogen) atoms. The van der Waals surface area contributed by atoms with Crippen LogP contribution in [-0.4, -0.2) is 22.4 Å². The molecule has 72 valence electrons. The SMILES string of the molecule is COc1ccc2nc(C(N)=O)cn2c1. The van der Waals surface area contributed by atoms with Crippen LogP contribution in [0, 0.1) is 0 Å². The fraction of sp³-hybridized carbons (Fsp3) is 0.111. The summed E-state index contributed by atoms with van der Waals surface area (Å²) < 4.78 is 6.72. The Labute approximate surface area is 80.1 Å². The molecule has 0 aromatic carbocycles. The van der Waals surface area contributed by atoms with Crippen molar-refractivity contribution in [1.29, 1.82) is 0 Å². The molecule has 2 aromatic heterocycles. The Morgan fingerprint density at radius 3 is 2.93 bits per heavy atom. The fourth-order valence-electron chi connectivity index (χ4n) is 1.21. The molecule has 0 atom stereocenters. The summed E-state index contributed by atoms with van der Waals surface area (Å²) in [7, 11) is 1.58. The van der Waals surface area contributed by atoms with E-state index in [9.17, 15) is 4.79 Å². The quantitative estimate of drug-likeness (QED) is 0.748. The van der Waals surface area contributed by atoms with Crippen molar-refractivity contribution in [3.05, 3.63) is 30.2 Å². The number of fused-ring (bicyclic) bond motifs is 1. The summed E-state index contributed by atoms with van der Waals surface area (Å²) in [6.07, 6.45) is 3.30. The zero-order chi connectivity index (χ0) is 10.1. The van der Waals surface area contributed by atoms with Crippen molar-refractivity contribution in [2.75, 3.05) is 7.11 Å². The van der Waals surface area contributed by atoms with Gasteiger partial charge in [-0.05, 0) is 12.1 Å². The van der Waals surface area contributed by atoms with Gasteiger partial charge in [0.05, 0.1) is 13.3 Å². The minimum atomic E-state index is -0.535. The number of rotatable bonds is 2. The highest BCUT2D eigenvalue weighted by Crippen LogP contribution is 2.12. The van der Waals surface area contributed by atoms with E-state index in [0.717, 1.165) is 0 Å². The van der Waals surface area contributed by atoms with Crippen molar-refractivity contribution in [2.24, 2.45) is 5.73 Å². The van der Waals surface area contributed by atoms with Gasteiger partial charge in [-0.2, -0.15) is 0 Å². The molecule has 0 fully saturated rings. The summed E-state index contributed by atoms with van der Waals surface area (Å²) in [5, 5.41) is 0. The monoisotopic (exact) mass is 191 g/mol. The first kappa shape index (κ1) is 8.55. The third-order valence-electron chi connectivity index (χ3n) is 1.91. The van der Waals surface area contributed by atoms with Crippen LogP contribution in [0.4, 0.5) is 0 Å². The van der Waals surface area contributed by atoms with Crippen LogP contribution in [0.5, 0.6) is 5.75 Å². The first-order valence-electron chi connectivity index (χ1n) is 4.03. The molecule has 0 radical (unpaired) electrons. The Kier molecular flexibility index (Phi) is 1.85. The van der Waals surface area contributed by atoms with Crippen LogP contribution in [0.2, 0.25) is 0 Å². The molecule has 0 unspecified atom stereocenters. The highest BCUT2D eigenvalue weighted by Gasteiger charge is 2.06. The van der Waals surface area contributed by atoms with E-state index >= 15 is 0 Å². The molecule has 0 spiro atoms. The normalized spacial score (nSPS) is 10.4. The largest absolute Gasteiger partial charge is 0.495 e. The minimum Gasteiger partial charge on any atom is -0.495 e. The number of hydrogen-bond donors (Lipinski definition) is 1. The third-order valence-corrected chi connectivity index (χ3v) is 1.91. The summed E-state index contributed by atoms with van der Waals surface area (Å²) >= 11 is 0. The van der Waals surface area contributed by atoms with Gasteiger partial charge in [-0.3, -0.25) is 4.79 Å². The van der Waals surface area contributed by atoms with Crippen molar-refractivity contribution in [2.45, 2.75) is 0 Å². The topological polar surface area (TPSA) is 69.6 Å². The zero-order valence-corrected chi connectivity index (χ0v) is 7.60. The highest BCUT2D eigenvalue weighted by molar-refractivity contribution is 5.91. The number of amides is 1. The van der Waals surface area contributed by atoms with Crippen LogP contribution in [0.1, 0.15) is 10.5 Å². The molecule has 1 amide bonds. The lowest BCUT2D eigenvalue weighted by Gasteiger charge is -1.98. The van der Waals surface area contributed by atoms with Crippen LogP contribution in [0.15, 0.2) is 24.5 Å². The van der Waals surface area contributed by atoms with E-state index < -0.39 is 5.91 Å². The first-order valence-corrected chi connectivity index (χ1v) is 4.03. The third kappa shape index (κ3) is 1.28. The van der Waals surface area contributed by atoms with Crippen LogP contribution >= 0.6 is 0 Å². The lowest BCUT2D eigenvalue weighted by molar-refractivity contribution is 0.0996. The van der Waals surface area contributed by atoms with Gasteiger partial charge < -0.3 is 14.9 Å². The van der Waals surface area contributed by atoms with Gasteiger partial charge in [0.2, 0.25) is 0 Å². The standard InChI is InChI=1S/C9H9N3O2/c1-14-6-2-3-8-11-7(9(10)13)5-12(8)4-6/h2-5H,1H3,(H2,10,13). The number of pyridine rings is 1. The highest BCUT2D eigenvalue weighted by atomic mass is 16.5. The summed E-state index contributed by atoms with van der Waals surface area (Å²) in [6, 6.07) is 3.53. The number of hydrogen-bond acceptors (Lipinski definition) is 3. The molecule has 0 bridgehead atoms. The average Bonchev–Trinajstić information content (AvgIpc) is 2.59. The second-order valence-corrected chi connectivity index (χ2v) is 2.82. The second kappa shape index (κ2) is 3.02. The predicted octanol–water partition coefficient (Wildman–Crippen LogP) is 0.442. The molecule has 0 saturated carbocycles. The van der Waals surface area contributed by atoms with Gasteiger partial charge in [0.15, 0.2) is 0 Å². The van der Waals surface area contributed by atoms with Gasteiger partial charge >= 0.3 is 0 Å². The maximum atomic E-state index is 10.8. The molecule has 2 rings (SSSR count). The van der Waals surface area contributed by atoms with Gasteiger partial charge in [-0.25, -0.2) is 4.98 Å². The van der Waals surface area contributed by atoms with Gasteiger partial charge in [0, 0.05) is 6.20 Å². The summed E-state index contributed by atoms with van der Waals surface area (Å²) in [6.45, 7) is 0. The second-order valence-electron chi connectivity index (χ2n) is 2.82. The van der Waals surface area contributed by atoms with Crippen molar-refractivity contribution in [1.82, 2.24) is 9.38 Å². The zero-order valence-electron chi connectivity index (χ0n) is 7.60. The average molecular weight is 191 g/mol. The number of primary amides is 1. The van der Waals surface area contributed by atoms with Crippen LogP contribution in [0.3, 0.4) is 0 Å². The lowest BCUT2D eigenvalue weighted by Crippen LogP contribution is -2.10. The van der Waals surface area contributed by atoms with E-state index in [2.05, 4.69) is 4.98 Å². The first-order chi connectivity index (χ1) is 6.70. The molecular weight excluding hydrogens is 182 g/mol. The Hall–Kier alpha value is -2.04. The van der Waals surface area contributed by atoms with Gasteiger partial charge in [-0.1, -0.05) is 0 Å². The number of nitrogens with zero attached hydrogens (tertiary/aromatic N) is 2. The molecule has 0 aliphatic rings. The fourth-order valence-corrected chi connectivity index (χ4v) is 1.21. The summed E-state index contributed by atoms with van der Waals surface area (Å²) in [5.41, 5.74) is 6.02. The Bertz CT molecular complexity index is 490. The van der Waals surface area contributed by atoms with Gasteiger partial charge in [0.1, 0.15) is 17.1 Å². The number of imidazole rings is 1. The maximum Gasteiger partial charge on any atom is 0.268 e. The number of carbonyl (C=O) groups is 1. The van der Waals surface area contributed by atoms with Crippen molar-refractivity contribution < 1.29 is 9.53 Å². The smallest absolute Gasteiger partial charge is 0.268 e. The number of aromatic nitrogens is 2. The number of ether oxygens (including phenoxy) is 1. The van der Waals surface area contributed by atoms with Crippen molar-refractivity contribution in [3.63, 3.8) is 0 Å². The van der Waals surface area contributed by atoms with Crippen molar-refractivity contribution in [3.8, 4) is 5.75 Å². The molecule has 0 aliphatic heterocycles. The van der Waals surface area contributed by atoms with Gasteiger partial charge in [0.25, 0.3) is 5.91 Å². The van der Waals surface area contributed by atoms with E-state index in [1.54, 1.807) is 36.0 Å². The van der Waals surface area contributed by atoms with Crippen molar-refractivity contribution >= 4 is 11.6 Å². The lowest BCUT2D eigenvalue weighted by atomic mass is 10.4. The van der Waals surface area contributed by atoms with E-state index in [1.165, 1.54) is 0 Å². The Morgan fingerprint density at radius 1 is 1.50 bits per heavy atom. The molecule has 5 nitrogen and oxygen atoms in total. The van der Waals surface area contributed by atoms with Crippen LogP contribution < -0.4 is 10.5 Å². The van der Waals surface area contributed by atoms with E-state index in [-0.39, 0.29) is 5.69 Å². The van der Waals surface area contributed by atoms with E-state index in [4.69, 9.17) is 10.5 Å². The van der Waals surface area contributed by atoms with Crippen LogP contribution in [0.25, 0.3) is 5.65 Å². The Balaban J connectivity index is 2.60. The summed E-state index contributed by atoms with van der Waals surface area (Å²) in [5.74, 6) is 0.165. The summed E-state index contributed by atoms with van der Waals surface area (Å²) in [4.78, 5) is 14.9. The molecule has 2 aromatic rings. The maximum absolute atomic E-state index is 10.8. The number of carbonyl (C=O) groups excluding carboxylic acids is 1. The van der Waals surface area contributed by atoms with E-state index in [1.807, 2.05) is 0 Å². The minimum absolute atomic E-state index is 0.248. The molecule has 2 heterocycles. The Morgan fingerprint density at radius 2 is 2.29 bits per heavy atom. The molecular formula is C9H9N3O2. The predicted molar refractivity (Wildman–Crippen MR) is 50.3 cm³/mol. The van der Waals surface area contributed by atoms with E-state index in [0.29, 0.717) is 11.4 Å². The number of methoxy groups -OCH3 is 1. The molecule has 5 heteroatoms. The molecule has 2 N–H and O–H groups in total. The molecule has 0 saturated heterocycles. The molecule has 0 aliphatic carbocycles.